The molecule has 0 radical (unpaired) electrons. The quantitative estimate of drug-likeness (QED) is 0.896. The maximum Gasteiger partial charge on any atom is 0.414 e. The van der Waals surface area contributed by atoms with E-state index in [0.29, 0.717) is 13.1 Å². The van der Waals surface area contributed by atoms with Crippen molar-refractivity contribution < 1.29 is 18.8 Å². The lowest BCUT2D eigenvalue weighted by molar-refractivity contribution is -0.124. The van der Waals surface area contributed by atoms with Gasteiger partial charge in [-0.3, -0.25) is 9.69 Å². The van der Waals surface area contributed by atoms with E-state index in [9.17, 15) is 9.59 Å². The Morgan fingerprint density at radius 1 is 1.33 bits per heavy atom. The molecule has 2 heterocycles. The summed E-state index contributed by atoms with van der Waals surface area (Å²) in [6, 6.07) is 5.93. The standard InChI is InChI=1S/C20H23N3O4/c1-12(2)19(24)21-10-16-11-23(20(25)26-16)15-6-7-17-13(8-15)4-3-5-14-9-22-27-18(14)17/h6-9,12,16H,3-5,10-11H2,1-2H3,(H,21,24). The molecule has 1 aliphatic carbocycles. The minimum atomic E-state index is -0.382. The first-order chi connectivity index (χ1) is 13.0. The molecule has 2 aromatic rings. The van der Waals surface area contributed by atoms with Crippen LogP contribution in [0.25, 0.3) is 11.3 Å². The molecule has 142 valence electrons. The van der Waals surface area contributed by atoms with Gasteiger partial charge >= 0.3 is 6.09 Å². The second kappa shape index (κ2) is 7.06. The molecule has 1 N–H and O–H groups in total. The number of rotatable bonds is 4. The molecule has 0 bridgehead atoms. The zero-order valence-electron chi connectivity index (χ0n) is 15.5. The van der Waals surface area contributed by atoms with Crippen molar-refractivity contribution in [2.45, 2.75) is 39.2 Å². The first-order valence-corrected chi connectivity index (χ1v) is 9.35. The maximum atomic E-state index is 12.3. The number of hydrogen-bond donors (Lipinski definition) is 1. The number of anilines is 1. The lowest BCUT2D eigenvalue weighted by Gasteiger charge is -2.16. The molecular formula is C20H23N3O4. The molecule has 7 heteroatoms. The van der Waals surface area contributed by atoms with Crippen LogP contribution in [0.2, 0.25) is 0 Å². The van der Waals surface area contributed by atoms with E-state index in [2.05, 4.69) is 10.5 Å². The van der Waals surface area contributed by atoms with E-state index >= 15 is 0 Å². The zero-order valence-corrected chi connectivity index (χ0v) is 15.5. The number of nitrogens with one attached hydrogen (secondary N) is 1. The first kappa shape index (κ1) is 17.6. The highest BCUT2D eigenvalue weighted by Gasteiger charge is 2.33. The fourth-order valence-electron chi connectivity index (χ4n) is 3.56. The topological polar surface area (TPSA) is 84.7 Å². The Bertz CT molecular complexity index is 874. The minimum Gasteiger partial charge on any atom is -0.442 e. The van der Waals surface area contributed by atoms with Gasteiger partial charge in [0.15, 0.2) is 5.76 Å². The van der Waals surface area contributed by atoms with E-state index in [1.165, 1.54) is 0 Å². The normalized spacial score (nSPS) is 18.7. The Balaban J connectivity index is 1.51. The molecule has 2 amide bonds. The van der Waals surface area contributed by atoms with Crippen LogP contribution in [0.1, 0.15) is 31.4 Å². The van der Waals surface area contributed by atoms with Crippen molar-refractivity contribution in [3.05, 3.63) is 35.5 Å². The average Bonchev–Trinajstić information content (AvgIpc) is 3.22. The summed E-state index contributed by atoms with van der Waals surface area (Å²) in [6.45, 7) is 4.41. The van der Waals surface area contributed by atoms with E-state index in [4.69, 9.17) is 9.26 Å². The lowest BCUT2D eigenvalue weighted by atomic mass is 10.0. The van der Waals surface area contributed by atoms with Gasteiger partial charge in [0.25, 0.3) is 0 Å². The number of hydrogen-bond acceptors (Lipinski definition) is 5. The monoisotopic (exact) mass is 369 g/mol. The Kier molecular flexibility index (Phi) is 4.59. The summed E-state index contributed by atoms with van der Waals surface area (Å²) in [5.41, 5.74) is 4.12. The van der Waals surface area contributed by atoms with E-state index in [0.717, 1.165) is 47.4 Å². The van der Waals surface area contributed by atoms with Crippen LogP contribution in [-0.4, -0.2) is 36.4 Å². The fourth-order valence-corrected chi connectivity index (χ4v) is 3.56. The molecule has 2 aliphatic rings. The summed E-state index contributed by atoms with van der Waals surface area (Å²) in [7, 11) is 0. The van der Waals surface area contributed by atoms with Crippen LogP contribution in [0.3, 0.4) is 0 Å². The van der Waals surface area contributed by atoms with Gasteiger partial charge in [-0.2, -0.15) is 0 Å². The number of cyclic esters (lactones) is 1. The molecule has 1 aromatic heterocycles. The first-order valence-electron chi connectivity index (χ1n) is 9.35. The lowest BCUT2D eigenvalue weighted by Crippen LogP contribution is -2.36. The largest absolute Gasteiger partial charge is 0.442 e. The summed E-state index contributed by atoms with van der Waals surface area (Å²) in [4.78, 5) is 25.7. The molecule has 27 heavy (non-hydrogen) atoms. The van der Waals surface area contributed by atoms with Crippen molar-refractivity contribution in [3.8, 4) is 11.3 Å². The van der Waals surface area contributed by atoms with E-state index in [1.54, 1.807) is 11.1 Å². The highest BCUT2D eigenvalue weighted by molar-refractivity contribution is 5.90. The summed E-state index contributed by atoms with van der Waals surface area (Å²) in [6.07, 6.45) is 3.93. The number of aromatic nitrogens is 1. The van der Waals surface area contributed by atoms with E-state index < -0.39 is 0 Å². The molecule has 1 aromatic carbocycles. The molecule has 1 saturated heterocycles. The number of fused-ring (bicyclic) bond motifs is 3. The number of ether oxygens (including phenoxy) is 1. The number of amides is 2. The third-order valence-corrected chi connectivity index (χ3v) is 5.08. The SMILES string of the molecule is CC(C)C(=O)NCC1CN(c2ccc3c(c2)CCCc2cnoc2-3)C(=O)O1. The van der Waals surface area contributed by atoms with Crippen LogP contribution in [0.4, 0.5) is 10.5 Å². The summed E-state index contributed by atoms with van der Waals surface area (Å²) >= 11 is 0. The number of carbonyl (C=O) groups excluding carboxylic acids is 2. The smallest absolute Gasteiger partial charge is 0.414 e. The molecule has 4 rings (SSSR count). The van der Waals surface area contributed by atoms with Gasteiger partial charge in [0, 0.05) is 22.7 Å². The molecule has 1 aliphatic heterocycles. The van der Waals surface area contributed by atoms with Gasteiger partial charge in [0.05, 0.1) is 19.3 Å². The summed E-state index contributed by atoms with van der Waals surface area (Å²) in [5.74, 6) is 0.688. The second-order valence-electron chi connectivity index (χ2n) is 7.39. The van der Waals surface area contributed by atoms with Crippen LogP contribution in [0.15, 0.2) is 28.9 Å². The van der Waals surface area contributed by atoms with Crippen molar-refractivity contribution >= 4 is 17.7 Å². The Morgan fingerprint density at radius 3 is 2.96 bits per heavy atom. The third kappa shape index (κ3) is 3.41. The molecular weight excluding hydrogens is 346 g/mol. The Hall–Kier alpha value is -2.83. The van der Waals surface area contributed by atoms with Crippen LogP contribution in [0, 0.1) is 5.92 Å². The van der Waals surface area contributed by atoms with Crippen LogP contribution < -0.4 is 10.2 Å². The molecule has 1 fully saturated rings. The van der Waals surface area contributed by atoms with Crippen molar-refractivity contribution in [1.29, 1.82) is 0 Å². The molecule has 1 atom stereocenters. The summed E-state index contributed by atoms with van der Waals surface area (Å²) < 4.78 is 10.9. The number of aryl methyl sites for hydroxylation is 2. The highest BCUT2D eigenvalue weighted by atomic mass is 16.6. The van der Waals surface area contributed by atoms with Gasteiger partial charge in [-0.1, -0.05) is 19.0 Å². The minimum absolute atomic E-state index is 0.0441. The van der Waals surface area contributed by atoms with Crippen LogP contribution >= 0.6 is 0 Å². The van der Waals surface area contributed by atoms with E-state index in [-0.39, 0.29) is 24.0 Å². The number of nitrogens with zero attached hydrogens (tertiary/aromatic N) is 2. The molecule has 0 saturated carbocycles. The van der Waals surface area contributed by atoms with Gasteiger partial charge in [-0.15, -0.1) is 0 Å². The van der Waals surface area contributed by atoms with Gasteiger partial charge in [-0.25, -0.2) is 4.79 Å². The predicted molar refractivity (Wildman–Crippen MR) is 99.4 cm³/mol. The van der Waals surface area contributed by atoms with Crippen molar-refractivity contribution in [2.24, 2.45) is 5.92 Å². The molecule has 7 nitrogen and oxygen atoms in total. The maximum absolute atomic E-state index is 12.3. The van der Waals surface area contributed by atoms with E-state index in [1.807, 2.05) is 32.0 Å². The highest BCUT2D eigenvalue weighted by Crippen LogP contribution is 2.35. The van der Waals surface area contributed by atoms with Crippen molar-refractivity contribution in [1.82, 2.24) is 10.5 Å². The Morgan fingerprint density at radius 2 is 2.15 bits per heavy atom. The number of benzene rings is 1. The fraction of sp³-hybridized carbons (Fsp3) is 0.450. The van der Waals surface area contributed by atoms with Crippen LogP contribution in [-0.2, 0) is 22.4 Å². The summed E-state index contributed by atoms with van der Waals surface area (Å²) in [5, 5.41) is 6.74. The second-order valence-corrected chi connectivity index (χ2v) is 7.39. The van der Waals surface area contributed by atoms with Gasteiger partial charge in [0.1, 0.15) is 6.10 Å². The van der Waals surface area contributed by atoms with Gasteiger partial charge in [0.2, 0.25) is 5.91 Å². The zero-order chi connectivity index (χ0) is 19.0. The van der Waals surface area contributed by atoms with Crippen LogP contribution in [0.5, 0.6) is 0 Å². The van der Waals surface area contributed by atoms with Crippen molar-refractivity contribution in [2.75, 3.05) is 18.0 Å². The van der Waals surface area contributed by atoms with Crippen molar-refractivity contribution in [3.63, 3.8) is 0 Å². The average molecular weight is 369 g/mol. The molecule has 0 spiro atoms. The third-order valence-electron chi connectivity index (χ3n) is 5.08. The van der Waals surface area contributed by atoms with Gasteiger partial charge < -0.3 is 14.6 Å². The Labute approximate surface area is 157 Å². The number of carbonyl (C=O) groups is 2. The van der Waals surface area contributed by atoms with Gasteiger partial charge in [-0.05, 0) is 43.0 Å². The molecule has 1 unspecified atom stereocenters. The predicted octanol–water partition coefficient (Wildman–Crippen LogP) is 2.93.